The molecule has 0 bridgehead atoms. The molecule has 0 aromatic heterocycles. The topological polar surface area (TPSA) is 44.7 Å². The molecular formula is C17H30N2O2. The first-order valence-corrected chi connectivity index (χ1v) is 7.80. The highest BCUT2D eigenvalue weighted by atomic mass is 16.5. The average Bonchev–Trinajstić information content (AvgIpc) is 2.45. The SMILES string of the molecule is CC(C)OCC(O)CNCCCN(C)Cc1ccccc1. The summed E-state index contributed by atoms with van der Waals surface area (Å²) in [5.41, 5.74) is 1.34. The normalized spacial score (nSPS) is 13.0. The molecule has 4 nitrogen and oxygen atoms in total. The molecule has 1 atom stereocenters. The van der Waals surface area contributed by atoms with E-state index in [1.165, 1.54) is 5.56 Å². The standard InChI is InChI=1S/C17H30N2O2/c1-15(2)21-14-17(20)12-18-10-7-11-19(3)13-16-8-5-4-6-9-16/h4-6,8-9,15,17-18,20H,7,10-14H2,1-3H3. The second-order valence-electron chi connectivity index (χ2n) is 5.82. The van der Waals surface area contributed by atoms with E-state index in [9.17, 15) is 5.11 Å². The minimum absolute atomic E-state index is 0.172. The fourth-order valence-electron chi connectivity index (χ4n) is 2.08. The monoisotopic (exact) mass is 294 g/mol. The average molecular weight is 294 g/mol. The van der Waals surface area contributed by atoms with Crippen molar-refractivity contribution in [1.82, 2.24) is 10.2 Å². The Hall–Kier alpha value is -0.940. The van der Waals surface area contributed by atoms with E-state index in [1.807, 2.05) is 19.9 Å². The number of hydrogen-bond acceptors (Lipinski definition) is 4. The van der Waals surface area contributed by atoms with Gasteiger partial charge in [0.05, 0.1) is 18.8 Å². The van der Waals surface area contributed by atoms with E-state index in [-0.39, 0.29) is 6.10 Å². The van der Waals surface area contributed by atoms with Crippen molar-refractivity contribution in [3.8, 4) is 0 Å². The smallest absolute Gasteiger partial charge is 0.0897 e. The van der Waals surface area contributed by atoms with Crippen molar-refractivity contribution in [3.05, 3.63) is 35.9 Å². The maximum Gasteiger partial charge on any atom is 0.0897 e. The van der Waals surface area contributed by atoms with Crippen LogP contribution >= 0.6 is 0 Å². The van der Waals surface area contributed by atoms with E-state index in [0.717, 1.165) is 26.1 Å². The molecule has 1 aromatic rings. The van der Waals surface area contributed by atoms with Crippen LogP contribution in [0.2, 0.25) is 0 Å². The van der Waals surface area contributed by atoms with Gasteiger partial charge in [-0.1, -0.05) is 30.3 Å². The molecule has 0 saturated carbocycles. The van der Waals surface area contributed by atoms with Gasteiger partial charge >= 0.3 is 0 Å². The predicted octanol–water partition coefficient (Wildman–Crippen LogP) is 1.88. The van der Waals surface area contributed by atoms with Crippen LogP contribution in [0.25, 0.3) is 0 Å². The number of ether oxygens (including phenoxy) is 1. The molecule has 2 N–H and O–H groups in total. The third-order valence-electron chi connectivity index (χ3n) is 3.19. The minimum atomic E-state index is -0.422. The van der Waals surface area contributed by atoms with E-state index in [4.69, 9.17) is 4.74 Å². The lowest BCUT2D eigenvalue weighted by atomic mass is 10.2. The van der Waals surface area contributed by atoms with E-state index in [2.05, 4.69) is 41.5 Å². The summed E-state index contributed by atoms with van der Waals surface area (Å²) in [4.78, 5) is 2.31. The maximum absolute atomic E-state index is 9.70. The molecule has 0 aliphatic carbocycles. The third kappa shape index (κ3) is 9.58. The maximum atomic E-state index is 9.70. The van der Waals surface area contributed by atoms with Crippen LogP contribution in [-0.4, -0.2) is 55.5 Å². The van der Waals surface area contributed by atoms with Gasteiger partial charge in [-0.2, -0.15) is 0 Å². The minimum Gasteiger partial charge on any atom is -0.389 e. The fraction of sp³-hybridized carbons (Fsp3) is 0.647. The Morgan fingerprint density at radius 1 is 1.24 bits per heavy atom. The van der Waals surface area contributed by atoms with Crippen LogP contribution in [0.3, 0.4) is 0 Å². The highest BCUT2D eigenvalue weighted by molar-refractivity contribution is 5.14. The number of hydrogen-bond donors (Lipinski definition) is 2. The van der Waals surface area contributed by atoms with Gasteiger partial charge in [0.15, 0.2) is 0 Å². The van der Waals surface area contributed by atoms with E-state index < -0.39 is 6.10 Å². The highest BCUT2D eigenvalue weighted by Crippen LogP contribution is 2.02. The molecule has 120 valence electrons. The van der Waals surface area contributed by atoms with Gasteiger partial charge in [0.1, 0.15) is 0 Å². The molecule has 0 spiro atoms. The number of aliphatic hydroxyl groups is 1. The van der Waals surface area contributed by atoms with Gasteiger partial charge in [-0.3, -0.25) is 0 Å². The van der Waals surface area contributed by atoms with Crippen molar-refractivity contribution in [2.24, 2.45) is 0 Å². The Balaban J connectivity index is 2.01. The molecule has 0 amide bonds. The lowest BCUT2D eigenvalue weighted by Gasteiger charge is -2.17. The summed E-state index contributed by atoms with van der Waals surface area (Å²) < 4.78 is 5.37. The van der Waals surface area contributed by atoms with Crippen molar-refractivity contribution in [2.45, 2.75) is 39.0 Å². The number of aliphatic hydroxyl groups excluding tert-OH is 1. The lowest BCUT2D eigenvalue weighted by Crippen LogP contribution is -2.33. The van der Waals surface area contributed by atoms with Crippen LogP contribution in [0.5, 0.6) is 0 Å². The van der Waals surface area contributed by atoms with Crippen LogP contribution in [0.15, 0.2) is 30.3 Å². The summed E-state index contributed by atoms with van der Waals surface area (Å²) in [7, 11) is 2.14. The molecule has 0 aliphatic rings. The molecule has 1 unspecified atom stereocenters. The zero-order chi connectivity index (χ0) is 15.5. The molecule has 0 heterocycles. The van der Waals surface area contributed by atoms with Gasteiger partial charge in [-0.25, -0.2) is 0 Å². The Labute approximate surface area is 129 Å². The Kier molecular flexibility index (Phi) is 9.26. The summed E-state index contributed by atoms with van der Waals surface area (Å²) in [5.74, 6) is 0. The van der Waals surface area contributed by atoms with E-state index in [0.29, 0.717) is 13.2 Å². The van der Waals surface area contributed by atoms with Gasteiger partial charge in [-0.15, -0.1) is 0 Å². The van der Waals surface area contributed by atoms with Crippen LogP contribution in [0, 0.1) is 0 Å². The number of nitrogens with zero attached hydrogens (tertiary/aromatic N) is 1. The predicted molar refractivity (Wildman–Crippen MR) is 87.4 cm³/mol. The first-order valence-electron chi connectivity index (χ1n) is 7.80. The van der Waals surface area contributed by atoms with Crippen molar-refractivity contribution in [3.63, 3.8) is 0 Å². The van der Waals surface area contributed by atoms with Crippen molar-refractivity contribution >= 4 is 0 Å². The summed E-state index contributed by atoms with van der Waals surface area (Å²) in [6.07, 6.45) is 0.821. The van der Waals surface area contributed by atoms with Gasteiger partial charge in [-0.05, 0) is 46.0 Å². The Morgan fingerprint density at radius 2 is 1.95 bits per heavy atom. The highest BCUT2D eigenvalue weighted by Gasteiger charge is 2.05. The van der Waals surface area contributed by atoms with Crippen molar-refractivity contribution in [1.29, 1.82) is 0 Å². The summed E-state index contributed by atoms with van der Waals surface area (Å²) in [5, 5.41) is 13.0. The summed E-state index contributed by atoms with van der Waals surface area (Å²) in [6, 6.07) is 10.5. The zero-order valence-corrected chi connectivity index (χ0v) is 13.6. The molecule has 21 heavy (non-hydrogen) atoms. The van der Waals surface area contributed by atoms with Gasteiger partial charge in [0, 0.05) is 13.1 Å². The number of rotatable bonds is 11. The van der Waals surface area contributed by atoms with E-state index >= 15 is 0 Å². The van der Waals surface area contributed by atoms with Crippen molar-refractivity contribution < 1.29 is 9.84 Å². The van der Waals surface area contributed by atoms with Gasteiger partial charge in [0.2, 0.25) is 0 Å². The zero-order valence-electron chi connectivity index (χ0n) is 13.6. The lowest BCUT2D eigenvalue weighted by molar-refractivity contribution is 0.00643. The fourth-order valence-corrected chi connectivity index (χ4v) is 2.08. The first-order chi connectivity index (χ1) is 10.1. The van der Waals surface area contributed by atoms with Crippen LogP contribution in [-0.2, 0) is 11.3 Å². The van der Waals surface area contributed by atoms with Gasteiger partial charge < -0.3 is 20.1 Å². The first kappa shape index (κ1) is 18.1. The molecule has 0 fully saturated rings. The van der Waals surface area contributed by atoms with Crippen LogP contribution in [0.1, 0.15) is 25.8 Å². The Morgan fingerprint density at radius 3 is 2.62 bits per heavy atom. The van der Waals surface area contributed by atoms with Gasteiger partial charge in [0.25, 0.3) is 0 Å². The second-order valence-corrected chi connectivity index (χ2v) is 5.82. The summed E-state index contributed by atoms with van der Waals surface area (Å²) in [6.45, 7) is 7.88. The van der Waals surface area contributed by atoms with Crippen LogP contribution in [0.4, 0.5) is 0 Å². The number of benzene rings is 1. The van der Waals surface area contributed by atoms with Crippen LogP contribution < -0.4 is 5.32 Å². The molecule has 4 heteroatoms. The Bertz CT molecular complexity index is 357. The van der Waals surface area contributed by atoms with E-state index in [1.54, 1.807) is 0 Å². The molecule has 1 aromatic carbocycles. The molecule has 0 radical (unpaired) electrons. The number of nitrogens with one attached hydrogen (secondary N) is 1. The molecular weight excluding hydrogens is 264 g/mol. The quantitative estimate of drug-likeness (QED) is 0.612. The molecule has 0 saturated heterocycles. The molecule has 0 aliphatic heterocycles. The second kappa shape index (κ2) is 10.7. The summed E-state index contributed by atoms with van der Waals surface area (Å²) >= 11 is 0. The molecule has 1 rings (SSSR count). The largest absolute Gasteiger partial charge is 0.389 e. The third-order valence-corrected chi connectivity index (χ3v) is 3.19. The van der Waals surface area contributed by atoms with Crippen molar-refractivity contribution in [2.75, 3.05) is 33.3 Å².